The lowest BCUT2D eigenvalue weighted by Gasteiger charge is -2.20. The summed E-state index contributed by atoms with van der Waals surface area (Å²) in [6.45, 7) is 1.73. The molecule has 1 amide bonds. The molecule has 0 aromatic heterocycles. The van der Waals surface area contributed by atoms with Crippen molar-refractivity contribution < 1.29 is 24.6 Å². The van der Waals surface area contributed by atoms with E-state index in [4.69, 9.17) is 5.11 Å². The van der Waals surface area contributed by atoms with Gasteiger partial charge in [-0.1, -0.05) is 0 Å². The molecule has 0 aliphatic carbocycles. The van der Waals surface area contributed by atoms with Gasteiger partial charge in [0, 0.05) is 17.4 Å². The number of amides is 1. The van der Waals surface area contributed by atoms with Crippen molar-refractivity contribution in [2.75, 3.05) is 11.4 Å². The van der Waals surface area contributed by atoms with Crippen LogP contribution >= 0.6 is 15.9 Å². The van der Waals surface area contributed by atoms with E-state index in [1.165, 1.54) is 11.0 Å². The van der Waals surface area contributed by atoms with Crippen molar-refractivity contribution in [2.24, 2.45) is 5.92 Å². The molecule has 106 valence electrons. The summed E-state index contributed by atoms with van der Waals surface area (Å²) in [4.78, 5) is 35.5. The molecule has 1 heterocycles. The van der Waals surface area contributed by atoms with Crippen molar-refractivity contribution in [3.8, 4) is 0 Å². The number of carbonyl (C=O) groups is 3. The summed E-state index contributed by atoms with van der Waals surface area (Å²) in [7, 11) is 0. The quantitative estimate of drug-likeness (QED) is 0.875. The van der Waals surface area contributed by atoms with Crippen LogP contribution in [0, 0.1) is 12.8 Å². The predicted molar refractivity (Wildman–Crippen MR) is 73.9 cm³/mol. The van der Waals surface area contributed by atoms with Gasteiger partial charge >= 0.3 is 11.9 Å². The maximum absolute atomic E-state index is 12.0. The molecule has 1 aliphatic heterocycles. The first-order chi connectivity index (χ1) is 9.31. The Morgan fingerprint density at radius 2 is 2.00 bits per heavy atom. The molecule has 1 aromatic rings. The summed E-state index contributed by atoms with van der Waals surface area (Å²) in [5.74, 6) is -3.40. The standard InChI is InChI=1S/C13H12BrNO5/c1-6-2-8(13(19)20)11(9(14)3-6)15-5-7(12(17)18)4-10(15)16/h2-3,7H,4-5H2,1H3,(H,17,18)(H,19,20). The number of aromatic carboxylic acids is 1. The van der Waals surface area contributed by atoms with Crippen LogP contribution < -0.4 is 4.90 Å². The largest absolute Gasteiger partial charge is 0.481 e. The van der Waals surface area contributed by atoms with Crippen molar-refractivity contribution in [1.82, 2.24) is 0 Å². The molecule has 1 fully saturated rings. The van der Waals surface area contributed by atoms with Crippen LogP contribution in [0.25, 0.3) is 0 Å². The summed E-state index contributed by atoms with van der Waals surface area (Å²) in [6, 6.07) is 3.16. The first-order valence-corrected chi connectivity index (χ1v) is 6.67. The number of rotatable bonds is 3. The van der Waals surface area contributed by atoms with Gasteiger partial charge in [-0.25, -0.2) is 4.79 Å². The van der Waals surface area contributed by atoms with Crippen molar-refractivity contribution >= 4 is 39.5 Å². The van der Waals surface area contributed by atoms with E-state index in [0.29, 0.717) is 4.47 Å². The Hall–Kier alpha value is -1.89. The number of carboxylic acids is 2. The molecule has 0 radical (unpaired) electrons. The van der Waals surface area contributed by atoms with Gasteiger partial charge in [-0.15, -0.1) is 0 Å². The number of hydrogen-bond acceptors (Lipinski definition) is 3. The highest BCUT2D eigenvalue weighted by molar-refractivity contribution is 9.10. The highest BCUT2D eigenvalue weighted by Crippen LogP contribution is 2.35. The fourth-order valence-electron chi connectivity index (χ4n) is 2.26. The van der Waals surface area contributed by atoms with Crippen molar-refractivity contribution in [3.05, 3.63) is 27.7 Å². The number of carboxylic acid groups (broad SMARTS) is 2. The van der Waals surface area contributed by atoms with Gasteiger partial charge in [0.05, 0.1) is 17.2 Å². The molecule has 7 heteroatoms. The lowest BCUT2D eigenvalue weighted by Crippen LogP contribution is -2.28. The van der Waals surface area contributed by atoms with E-state index in [1.54, 1.807) is 13.0 Å². The number of nitrogens with zero attached hydrogens (tertiary/aromatic N) is 1. The third-order valence-corrected chi connectivity index (χ3v) is 3.79. The second-order valence-corrected chi connectivity index (χ2v) is 5.55. The van der Waals surface area contributed by atoms with Gasteiger partial charge in [0.15, 0.2) is 0 Å². The van der Waals surface area contributed by atoms with Gasteiger partial charge in [-0.2, -0.15) is 0 Å². The van der Waals surface area contributed by atoms with Crippen LogP contribution in [-0.2, 0) is 9.59 Å². The zero-order valence-corrected chi connectivity index (χ0v) is 12.2. The molecule has 2 N–H and O–H groups in total. The smallest absolute Gasteiger partial charge is 0.337 e. The Bertz CT molecular complexity index is 613. The normalized spacial score (nSPS) is 18.4. The fraction of sp³-hybridized carbons (Fsp3) is 0.308. The van der Waals surface area contributed by atoms with Crippen LogP contribution in [0.1, 0.15) is 22.3 Å². The Labute approximate surface area is 123 Å². The average Bonchev–Trinajstić information content (AvgIpc) is 2.70. The molecular weight excluding hydrogens is 330 g/mol. The van der Waals surface area contributed by atoms with Gasteiger partial charge in [0.25, 0.3) is 0 Å². The number of anilines is 1. The third-order valence-electron chi connectivity index (χ3n) is 3.18. The molecule has 1 saturated heterocycles. The Balaban J connectivity index is 2.50. The van der Waals surface area contributed by atoms with E-state index in [1.807, 2.05) is 0 Å². The lowest BCUT2D eigenvalue weighted by molar-refractivity contribution is -0.141. The van der Waals surface area contributed by atoms with Gasteiger partial charge in [0.1, 0.15) is 0 Å². The Kier molecular flexibility index (Phi) is 3.80. The number of carbonyl (C=O) groups excluding carboxylic acids is 1. The topological polar surface area (TPSA) is 94.9 Å². The molecule has 1 unspecified atom stereocenters. The highest BCUT2D eigenvalue weighted by atomic mass is 79.9. The number of benzene rings is 1. The fourth-order valence-corrected chi connectivity index (χ4v) is 3.05. The van der Waals surface area contributed by atoms with Crippen molar-refractivity contribution in [3.63, 3.8) is 0 Å². The number of hydrogen-bond donors (Lipinski definition) is 2. The SMILES string of the molecule is Cc1cc(Br)c(N2CC(C(=O)O)CC2=O)c(C(=O)O)c1. The average molecular weight is 342 g/mol. The highest BCUT2D eigenvalue weighted by Gasteiger charge is 2.37. The molecule has 0 saturated carbocycles. The van der Waals surface area contributed by atoms with Crippen LogP contribution in [0.2, 0.25) is 0 Å². The number of aryl methyl sites for hydroxylation is 1. The summed E-state index contributed by atoms with van der Waals surface area (Å²) >= 11 is 3.26. The van der Waals surface area contributed by atoms with Gasteiger partial charge in [-0.3, -0.25) is 9.59 Å². The second kappa shape index (κ2) is 5.24. The van der Waals surface area contributed by atoms with E-state index in [9.17, 15) is 19.5 Å². The van der Waals surface area contributed by atoms with Crippen LogP contribution in [-0.4, -0.2) is 34.6 Å². The van der Waals surface area contributed by atoms with Crippen molar-refractivity contribution in [1.29, 1.82) is 0 Å². The molecule has 2 rings (SSSR count). The minimum absolute atomic E-state index is 0.0173. The van der Waals surface area contributed by atoms with Gasteiger partial charge < -0.3 is 15.1 Å². The maximum atomic E-state index is 12.0. The summed E-state index contributed by atoms with van der Waals surface area (Å²) in [5.41, 5.74) is 0.938. The summed E-state index contributed by atoms with van der Waals surface area (Å²) in [5, 5.41) is 18.2. The van der Waals surface area contributed by atoms with Crippen molar-refractivity contribution in [2.45, 2.75) is 13.3 Å². The molecule has 1 aliphatic rings. The monoisotopic (exact) mass is 341 g/mol. The van der Waals surface area contributed by atoms with E-state index >= 15 is 0 Å². The molecule has 0 bridgehead atoms. The zero-order chi connectivity index (χ0) is 15.0. The van der Waals surface area contributed by atoms with Crippen LogP contribution in [0.4, 0.5) is 5.69 Å². The maximum Gasteiger partial charge on any atom is 0.337 e. The number of aliphatic carboxylic acids is 1. The molecule has 1 aromatic carbocycles. The molecule has 20 heavy (non-hydrogen) atoms. The van der Waals surface area contributed by atoms with Gasteiger partial charge in [-0.05, 0) is 40.5 Å². The minimum atomic E-state index is -1.16. The molecule has 6 nitrogen and oxygen atoms in total. The second-order valence-electron chi connectivity index (χ2n) is 4.69. The predicted octanol–water partition coefficient (Wildman–Crippen LogP) is 1.89. The molecule has 1 atom stereocenters. The van der Waals surface area contributed by atoms with E-state index in [2.05, 4.69) is 15.9 Å². The first-order valence-electron chi connectivity index (χ1n) is 5.88. The van der Waals surface area contributed by atoms with Crippen LogP contribution in [0.5, 0.6) is 0 Å². The zero-order valence-electron chi connectivity index (χ0n) is 10.6. The summed E-state index contributed by atoms with van der Waals surface area (Å²) in [6.07, 6.45) is -0.116. The number of halogens is 1. The third kappa shape index (κ3) is 2.53. The molecule has 0 spiro atoms. The van der Waals surface area contributed by atoms with E-state index in [-0.39, 0.29) is 30.1 Å². The van der Waals surface area contributed by atoms with Crippen LogP contribution in [0.3, 0.4) is 0 Å². The molecular formula is C13H12BrNO5. The Morgan fingerprint density at radius 1 is 1.35 bits per heavy atom. The minimum Gasteiger partial charge on any atom is -0.481 e. The Morgan fingerprint density at radius 3 is 2.50 bits per heavy atom. The first kappa shape index (κ1) is 14.5. The summed E-state index contributed by atoms with van der Waals surface area (Å²) < 4.78 is 0.467. The van der Waals surface area contributed by atoms with E-state index < -0.39 is 17.9 Å². The van der Waals surface area contributed by atoms with Gasteiger partial charge in [0.2, 0.25) is 5.91 Å². The van der Waals surface area contributed by atoms with E-state index in [0.717, 1.165) is 5.56 Å². The lowest BCUT2D eigenvalue weighted by atomic mass is 10.1. The van der Waals surface area contributed by atoms with Crippen LogP contribution in [0.15, 0.2) is 16.6 Å².